The quantitative estimate of drug-likeness (QED) is 0.164. The number of nitrogens with one attached hydrogen (secondary N) is 1. The maximum atomic E-state index is 12.6. The van der Waals surface area contributed by atoms with Gasteiger partial charge in [0.25, 0.3) is 11.5 Å². The molecule has 11 heteroatoms. The first-order valence-electron chi connectivity index (χ1n) is 11.3. The highest BCUT2D eigenvalue weighted by atomic mass is 16.5. The number of nitrogen functional groups attached to an aromatic ring is 1. The van der Waals surface area contributed by atoms with E-state index >= 15 is 0 Å². The number of rotatable bonds is 7. The number of morpholine rings is 1. The van der Waals surface area contributed by atoms with Crippen LogP contribution in [0.25, 0.3) is 0 Å². The number of ether oxygens (including phenoxy) is 1. The van der Waals surface area contributed by atoms with Crippen LogP contribution in [-0.4, -0.2) is 52.6 Å². The molecule has 11 nitrogen and oxygen atoms in total. The van der Waals surface area contributed by atoms with Crippen molar-refractivity contribution >= 4 is 23.0 Å². The molecule has 7 N–H and O–H groups in total. The standard InChI is InChI=1S/C25H28N8O3/c26-21-8-3-17(15-33-23(34)2-1-9-30-33)14-20(21)24(28)22(27)16-32(29)19-6-4-18(5-7-19)25(35)31-10-12-36-13-11-31/h1-9,14,16,28H,10-13,15,26-27,29H2/b22-16-,28-24?. The second kappa shape index (κ2) is 10.8. The Bertz CT molecular complexity index is 1340. The summed E-state index contributed by atoms with van der Waals surface area (Å²) < 4.78 is 6.61. The van der Waals surface area contributed by atoms with E-state index in [-0.39, 0.29) is 29.4 Å². The Balaban J connectivity index is 1.48. The van der Waals surface area contributed by atoms with Gasteiger partial charge in [-0.05, 0) is 48.0 Å². The van der Waals surface area contributed by atoms with Gasteiger partial charge in [0, 0.05) is 48.4 Å². The summed E-state index contributed by atoms with van der Waals surface area (Å²) in [4.78, 5) is 26.4. The molecule has 0 radical (unpaired) electrons. The van der Waals surface area contributed by atoms with Crippen LogP contribution in [0.2, 0.25) is 0 Å². The molecule has 186 valence electrons. The summed E-state index contributed by atoms with van der Waals surface area (Å²) in [6.45, 7) is 2.42. The van der Waals surface area contributed by atoms with Gasteiger partial charge in [-0.2, -0.15) is 5.10 Å². The average molecular weight is 489 g/mol. The molecule has 0 bridgehead atoms. The highest BCUT2D eigenvalue weighted by Crippen LogP contribution is 2.19. The number of allylic oxidation sites excluding steroid dienone is 1. The Morgan fingerprint density at radius 3 is 2.56 bits per heavy atom. The Morgan fingerprint density at radius 1 is 1.14 bits per heavy atom. The Hall–Kier alpha value is -4.48. The molecule has 2 aromatic carbocycles. The maximum absolute atomic E-state index is 12.6. The first-order valence-corrected chi connectivity index (χ1v) is 11.3. The lowest BCUT2D eigenvalue weighted by molar-refractivity contribution is 0.0303. The van der Waals surface area contributed by atoms with E-state index in [1.165, 1.54) is 28.2 Å². The lowest BCUT2D eigenvalue weighted by atomic mass is 10.0. The van der Waals surface area contributed by atoms with Crippen molar-refractivity contribution in [1.29, 1.82) is 5.41 Å². The molecule has 0 unspecified atom stereocenters. The van der Waals surface area contributed by atoms with Crippen molar-refractivity contribution in [2.75, 3.05) is 37.0 Å². The van der Waals surface area contributed by atoms with Crippen molar-refractivity contribution in [3.05, 3.63) is 99.7 Å². The zero-order chi connectivity index (χ0) is 25.7. The number of carbonyl (C=O) groups is 1. The first kappa shape index (κ1) is 24.6. The Kier molecular flexibility index (Phi) is 7.42. The molecule has 0 atom stereocenters. The summed E-state index contributed by atoms with van der Waals surface area (Å²) in [5.74, 6) is 6.10. The molecular formula is C25H28N8O3. The lowest BCUT2D eigenvalue weighted by Gasteiger charge is -2.27. The predicted molar refractivity (Wildman–Crippen MR) is 137 cm³/mol. The summed E-state index contributed by atoms with van der Waals surface area (Å²) in [6, 6.07) is 14.9. The third-order valence-corrected chi connectivity index (χ3v) is 5.78. The second-order valence-electron chi connectivity index (χ2n) is 8.26. The van der Waals surface area contributed by atoms with Crippen molar-refractivity contribution in [3.8, 4) is 0 Å². The summed E-state index contributed by atoms with van der Waals surface area (Å²) in [5, 5.41) is 13.9. The van der Waals surface area contributed by atoms with Crippen LogP contribution in [0, 0.1) is 5.41 Å². The van der Waals surface area contributed by atoms with Gasteiger partial charge >= 0.3 is 0 Å². The molecule has 36 heavy (non-hydrogen) atoms. The van der Waals surface area contributed by atoms with E-state index < -0.39 is 0 Å². The molecule has 1 aromatic heterocycles. The van der Waals surface area contributed by atoms with Gasteiger partial charge in [0.2, 0.25) is 0 Å². The summed E-state index contributed by atoms with van der Waals surface area (Å²) in [5.41, 5.74) is 14.8. The molecule has 4 rings (SSSR count). The van der Waals surface area contributed by atoms with E-state index in [1.54, 1.807) is 53.4 Å². The van der Waals surface area contributed by atoms with Gasteiger partial charge in [0.05, 0.1) is 36.9 Å². The van der Waals surface area contributed by atoms with Gasteiger partial charge in [-0.1, -0.05) is 6.07 Å². The van der Waals surface area contributed by atoms with Crippen LogP contribution >= 0.6 is 0 Å². The number of hydrogen-bond donors (Lipinski definition) is 4. The molecule has 1 aliphatic rings. The summed E-state index contributed by atoms with van der Waals surface area (Å²) in [6.07, 6.45) is 2.94. The van der Waals surface area contributed by atoms with Crippen molar-refractivity contribution in [1.82, 2.24) is 14.7 Å². The number of amides is 1. The van der Waals surface area contributed by atoms with Crippen LogP contribution < -0.4 is 27.9 Å². The van der Waals surface area contributed by atoms with Gasteiger partial charge in [0.15, 0.2) is 0 Å². The van der Waals surface area contributed by atoms with Crippen molar-refractivity contribution < 1.29 is 9.53 Å². The normalized spacial score (nSPS) is 13.9. The van der Waals surface area contributed by atoms with Crippen LogP contribution in [0.1, 0.15) is 21.5 Å². The van der Waals surface area contributed by atoms with E-state index in [9.17, 15) is 9.59 Å². The monoisotopic (exact) mass is 488 g/mol. The van der Waals surface area contributed by atoms with Gasteiger partial charge in [-0.25, -0.2) is 10.5 Å². The van der Waals surface area contributed by atoms with Crippen molar-refractivity contribution in [2.45, 2.75) is 6.54 Å². The topological polar surface area (TPSA) is 170 Å². The fourth-order valence-electron chi connectivity index (χ4n) is 3.77. The summed E-state index contributed by atoms with van der Waals surface area (Å²) in [7, 11) is 0. The fourth-order valence-corrected chi connectivity index (χ4v) is 3.77. The van der Waals surface area contributed by atoms with Gasteiger partial charge in [-0.3, -0.25) is 20.0 Å². The molecule has 1 aliphatic heterocycles. The predicted octanol–water partition coefficient (Wildman–Crippen LogP) is 0.894. The van der Waals surface area contributed by atoms with E-state index in [1.807, 2.05) is 0 Å². The molecule has 3 aromatic rings. The highest BCUT2D eigenvalue weighted by Gasteiger charge is 2.18. The number of hydrazine groups is 1. The number of hydrogen-bond acceptors (Lipinski definition) is 9. The zero-order valence-corrected chi connectivity index (χ0v) is 19.6. The number of nitrogens with zero attached hydrogens (tertiary/aromatic N) is 4. The average Bonchev–Trinajstić information content (AvgIpc) is 2.90. The molecular weight excluding hydrogens is 460 g/mol. The Labute approximate surface area is 207 Å². The fraction of sp³-hybridized carbons (Fsp3) is 0.200. The highest BCUT2D eigenvalue weighted by molar-refractivity contribution is 6.13. The van der Waals surface area contributed by atoms with Crippen LogP contribution in [-0.2, 0) is 11.3 Å². The number of nitrogens with two attached hydrogens (primary N) is 3. The molecule has 0 saturated carbocycles. The molecule has 0 aliphatic carbocycles. The third-order valence-electron chi connectivity index (χ3n) is 5.78. The lowest BCUT2D eigenvalue weighted by Crippen LogP contribution is -2.40. The molecule has 1 amide bonds. The van der Waals surface area contributed by atoms with E-state index in [0.29, 0.717) is 48.8 Å². The SMILES string of the molecule is N=C(/C(N)=C/N(N)c1ccc(C(=O)N2CCOCC2)cc1)c1cc(Cn2ncccc2=O)ccc1N. The zero-order valence-electron chi connectivity index (χ0n) is 19.6. The molecule has 0 spiro atoms. The van der Waals surface area contributed by atoms with Crippen LogP contribution in [0.15, 0.2) is 77.5 Å². The Morgan fingerprint density at radius 2 is 1.86 bits per heavy atom. The van der Waals surface area contributed by atoms with Gasteiger partial charge < -0.3 is 21.1 Å². The van der Waals surface area contributed by atoms with Gasteiger partial charge in [-0.15, -0.1) is 0 Å². The smallest absolute Gasteiger partial charge is 0.267 e. The van der Waals surface area contributed by atoms with E-state index in [0.717, 1.165) is 5.56 Å². The van der Waals surface area contributed by atoms with Crippen molar-refractivity contribution in [2.24, 2.45) is 11.6 Å². The second-order valence-corrected chi connectivity index (χ2v) is 8.26. The van der Waals surface area contributed by atoms with Gasteiger partial charge in [0.1, 0.15) is 0 Å². The number of benzene rings is 2. The largest absolute Gasteiger partial charge is 0.398 e. The van der Waals surface area contributed by atoms with Crippen molar-refractivity contribution in [3.63, 3.8) is 0 Å². The minimum Gasteiger partial charge on any atom is -0.398 e. The minimum absolute atomic E-state index is 0.0164. The van der Waals surface area contributed by atoms with E-state index in [4.69, 9.17) is 27.5 Å². The molecule has 2 heterocycles. The molecule has 1 fully saturated rings. The third kappa shape index (κ3) is 5.59. The van der Waals surface area contributed by atoms with Crippen LogP contribution in [0.3, 0.4) is 0 Å². The number of aromatic nitrogens is 2. The number of anilines is 2. The number of carbonyl (C=O) groups excluding carboxylic acids is 1. The maximum Gasteiger partial charge on any atom is 0.267 e. The van der Waals surface area contributed by atoms with Crippen LogP contribution in [0.5, 0.6) is 0 Å². The molecule has 1 saturated heterocycles. The minimum atomic E-state index is -0.234. The summed E-state index contributed by atoms with van der Waals surface area (Å²) >= 11 is 0. The first-order chi connectivity index (χ1) is 17.3. The van der Waals surface area contributed by atoms with Crippen LogP contribution in [0.4, 0.5) is 11.4 Å². The van der Waals surface area contributed by atoms with E-state index in [2.05, 4.69) is 5.10 Å².